The van der Waals surface area contributed by atoms with E-state index in [1.165, 1.54) is 12.1 Å². The Balaban J connectivity index is 1.60. The topological polar surface area (TPSA) is 107 Å². The van der Waals surface area contributed by atoms with Gasteiger partial charge in [-0.3, -0.25) is 9.89 Å². The van der Waals surface area contributed by atoms with Crippen molar-refractivity contribution in [2.45, 2.75) is 32.2 Å². The Hall–Kier alpha value is -3.04. The molecule has 2 atom stereocenters. The highest BCUT2D eigenvalue weighted by Crippen LogP contribution is 2.44. The molecule has 0 spiro atoms. The number of aromatic nitrogens is 4. The third-order valence-corrected chi connectivity index (χ3v) is 5.58. The van der Waals surface area contributed by atoms with Gasteiger partial charge >= 0.3 is 6.03 Å². The third-order valence-electron chi connectivity index (χ3n) is 5.58. The maximum Gasteiger partial charge on any atom is 0.317 e. The lowest BCUT2D eigenvalue weighted by molar-refractivity contribution is 0.0766. The van der Waals surface area contributed by atoms with E-state index < -0.39 is 11.2 Å². The Morgan fingerprint density at radius 3 is 2.62 bits per heavy atom. The zero-order valence-corrected chi connectivity index (χ0v) is 16.6. The highest BCUT2D eigenvalue weighted by Gasteiger charge is 2.57. The van der Waals surface area contributed by atoms with E-state index in [1.807, 2.05) is 20.8 Å². The quantitative estimate of drug-likeness (QED) is 0.801. The Morgan fingerprint density at radius 1 is 1.28 bits per heavy atom. The maximum atomic E-state index is 13.2. The van der Waals surface area contributed by atoms with Crippen LogP contribution in [0.3, 0.4) is 0 Å². The molecule has 2 aliphatic rings. The van der Waals surface area contributed by atoms with Crippen LogP contribution in [0.15, 0.2) is 18.3 Å². The van der Waals surface area contributed by atoms with Gasteiger partial charge in [0.15, 0.2) is 5.82 Å². The van der Waals surface area contributed by atoms with Crippen LogP contribution in [0.2, 0.25) is 0 Å². The van der Waals surface area contributed by atoms with Crippen LogP contribution in [-0.4, -0.2) is 74.1 Å². The summed E-state index contributed by atoms with van der Waals surface area (Å²) in [5.74, 6) is 0.550. The average molecular weight is 401 g/mol. The predicted octanol–water partition coefficient (Wildman–Crippen LogP) is 1.09. The predicted molar refractivity (Wildman–Crippen MR) is 102 cm³/mol. The number of fused-ring (bicyclic) bond motifs is 1. The van der Waals surface area contributed by atoms with Crippen molar-refractivity contribution >= 4 is 11.9 Å². The Bertz CT molecular complexity index is 929. The number of urea groups is 1. The summed E-state index contributed by atoms with van der Waals surface area (Å²) in [6.07, 6.45) is 1.04. The molecule has 29 heavy (non-hydrogen) atoms. The van der Waals surface area contributed by atoms with Crippen molar-refractivity contribution in [1.29, 1.82) is 0 Å². The monoisotopic (exact) mass is 401 g/mol. The summed E-state index contributed by atoms with van der Waals surface area (Å²) >= 11 is 0. The van der Waals surface area contributed by atoms with Gasteiger partial charge in [-0.2, -0.15) is 5.10 Å². The van der Waals surface area contributed by atoms with Crippen molar-refractivity contribution < 1.29 is 14.0 Å². The van der Waals surface area contributed by atoms with Crippen LogP contribution in [-0.2, 0) is 5.41 Å². The molecule has 3 amide bonds. The van der Waals surface area contributed by atoms with Crippen LogP contribution in [0.5, 0.6) is 0 Å². The lowest BCUT2D eigenvalue weighted by Crippen LogP contribution is -2.46. The van der Waals surface area contributed by atoms with Crippen molar-refractivity contribution in [3.63, 3.8) is 0 Å². The van der Waals surface area contributed by atoms with E-state index in [9.17, 15) is 14.0 Å². The number of nitrogens with one attached hydrogen (secondary N) is 2. The Morgan fingerprint density at radius 2 is 2.00 bits per heavy atom. The first-order valence-corrected chi connectivity index (χ1v) is 9.64. The van der Waals surface area contributed by atoms with Gasteiger partial charge in [-0.25, -0.2) is 19.2 Å². The van der Waals surface area contributed by atoms with Gasteiger partial charge in [0.1, 0.15) is 17.3 Å². The van der Waals surface area contributed by atoms with Gasteiger partial charge in [0.25, 0.3) is 5.91 Å². The number of hydrogen-bond donors (Lipinski definition) is 2. The van der Waals surface area contributed by atoms with E-state index in [0.717, 1.165) is 6.20 Å². The van der Waals surface area contributed by atoms with E-state index in [2.05, 4.69) is 25.5 Å². The molecule has 2 saturated heterocycles. The Kier molecular flexibility index (Phi) is 4.71. The number of aryl methyl sites for hydroxylation is 1. The second-order valence-corrected chi connectivity index (χ2v) is 8.13. The number of rotatable bonds is 3. The fraction of sp³-hybridized carbons (Fsp3) is 0.526. The van der Waals surface area contributed by atoms with E-state index in [4.69, 9.17) is 0 Å². The lowest BCUT2D eigenvalue weighted by atomic mass is 9.80. The molecule has 10 heteroatoms. The molecule has 2 N–H and O–H groups in total. The highest BCUT2D eigenvalue weighted by molar-refractivity contribution is 5.92. The molecule has 2 aliphatic heterocycles. The van der Waals surface area contributed by atoms with E-state index in [1.54, 1.807) is 9.80 Å². The smallest absolute Gasteiger partial charge is 0.317 e. The standard InChI is InChI=1S/C19H24FN7O2/c1-11(2)22-18(29)27-8-13-7-26(16(28)15-5-4-14(20)6-21-15)9-19(13,10-27)17-23-12(3)24-25-17/h4-6,11,13H,7-10H2,1-3H3,(H,22,29)(H,23,24,25)/t13-,19-/m1/s1. The van der Waals surface area contributed by atoms with Crippen LogP contribution in [0.4, 0.5) is 9.18 Å². The number of pyridine rings is 1. The second-order valence-electron chi connectivity index (χ2n) is 8.13. The van der Waals surface area contributed by atoms with Gasteiger partial charge in [-0.1, -0.05) is 0 Å². The number of carbonyl (C=O) groups is 2. The first-order valence-electron chi connectivity index (χ1n) is 9.64. The lowest BCUT2D eigenvalue weighted by Gasteiger charge is -2.27. The second kappa shape index (κ2) is 7.09. The van der Waals surface area contributed by atoms with Gasteiger partial charge in [0, 0.05) is 38.1 Å². The van der Waals surface area contributed by atoms with Crippen molar-refractivity contribution in [2.75, 3.05) is 26.2 Å². The molecule has 0 radical (unpaired) electrons. The molecule has 2 aromatic heterocycles. The summed E-state index contributed by atoms with van der Waals surface area (Å²) in [6.45, 7) is 7.41. The van der Waals surface area contributed by atoms with Crippen molar-refractivity contribution in [2.24, 2.45) is 5.92 Å². The molecule has 0 aromatic carbocycles. The van der Waals surface area contributed by atoms with Gasteiger partial charge in [0.05, 0.1) is 11.6 Å². The van der Waals surface area contributed by atoms with Crippen LogP contribution in [0.25, 0.3) is 0 Å². The zero-order chi connectivity index (χ0) is 20.8. The van der Waals surface area contributed by atoms with Crippen molar-refractivity contribution in [3.05, 3.63) is 41.5 Å². The molecule has 0 bridgehead atoms. The molecule has 154 valence electrons. The van der Waals surface area contributed by atoms with Gasteiger partial charge in [-0.05, 0) is 32.9 Å². The van der Waals surface area contributed by atoms with Crippen molar-refractivity contribution in [1.82, 2.24) is 35.3 Å². The molecular formula is C19H24FN7O2. The van der Waals surface area contributed by atoms with Gasteiger partial charge in [0.2, 0.25) is 0 Å². The molecule has 0 unspecified atom stereocenters. The summed E-state index contributed by atoms with van der Waals surface area (Å²) in [6, 6.07) is 2.52. The maximum absolute atomic E-state index is 13.2. The molecule has 2 aromatic rings. The van der Waals surface area contributed by atoms with Crippen LogP contribution >= 0.6 is 0 Å². The minimum Gasteiger partial charge on any atom is -0.336 e. The number of H-pyrrole nitrogens is 1. The average Bonchev–Trinajstić information content (AvgIpc) is 3.33. The summed E-state index contributed by atoms with van der Waals surface area (Å²) in [5.41, 5.74) is -0.350. The molecular weight excluding hydrogens is 377 g/mol. The van der Waals surface area contributed by atoms with Crippen LogP contribution < -0.4 is 5.32 Å². The fourth-order valence-corrected chi connectivity index (χ4v) is 4.26. The number of halogens is 1. The summed E-state index contributed by atoms with van der Waals surface area (Å²) in [7, 11) is 0. The number of hydrogen-bond acceptors (Lipinski definition) is 5. The third kappa shape index (κ3) is 3.43. The minimum atomic E-state index is -0.547. The largest absolute Gasteiger partial charge is 0.336 e. The Labute approximate surface area is 167 Å². The molecule has 4 heterocycles. The normalized spacial score (nSPS) is 23.6. The number of nitrogens with zero attached hydrogens (tertiary/aromatic N) is 5. The highest BCUT2D eigenvalue weighted by atomic mass is 19.1. The molecule has 4 rings (SSSR count). The van der Waals surface area contributed by atoms with Gasteiger partial charge in [-0.15, -0.1) is 0 Å². The molecule has 0 aliphatic carbocycles. The number of carbonyl (C=O) groups excluding carboxylic acids is 2. The van der Waals surface area contributed by atoms with Crippen LogP contribution in [0, 0.1) is 18.7 Å². The van der Waals surface area contributed by atoms with Crippen LogP contribution in [0.1, 0.15) is 36.0 Å². The molecule has 0 saturated carbocycles. The number of likely N-dealkylation sites (tertiary alicyclic amines) is 2. The molecule has 2 fully saturated rings. The van der Waals surface area contributed by atoms with Gasteiger partial charge < -0.3 is 15.1 Å². The summed E-state index contributed by atoms with van der Waals surface area (Å²) in [4.78, 5) is 37.4. The number of amides is 3. The summed E-state index contributed by atoms with van der Waals surface area (Å²) < 4.78 is 13.2. The van der Waals surface area contributed by atoms with Crippen molar-refractivity contribution in [3.8, 4) is 0 Å². The first kappa shape index (κ1) is 19.3. The van der Waals surface area contributed by atoms with E-state index >= 15 is 0 Å². The first-order chi connectivity index (χ1) is 13.8. The van der Waals surface area contributed by atoms with E-state index in [-0.39, 0.29) is 29.6 Å². The number of aromatic amines is 1. The zero-order valence-electron chi connectivity index (χ0n) is 16.6. The molecule has 9 nitrogen and oxygen atoms in total. The summed E-state index contributed by atoms with van der Waals surface area (Å²) in [5, 5.41) is 10.2. The fourth-order valence-electron chi connectivity index (χ4n) is 4.26. The van der Waals surface area contributed by atoms with E-state index in [0.29, 0.717) is 37.8 Å². The minimum absolute atomic E-state index is 0.00000982. The SMILES string of the molecule is Cc1nc([C@]23CN(C(=O)NC(C)C)C[C@H]2CN(C(=O)c2ccc(F)cn2)C3)n[nH]1.